The fourth-order valence-electron chi connectivity index (χ4n) is 3.81. The van der Waals surface area contributed by atoms with Gasteiger partial charge in [0.15, 0.2) is 9.84 Å². The van der Waals surface area contributed by atoms with Crippen LogP contribution in [0.25, 0.3) is 22.3 Å². The Morgan fingerprint density at radius 1 is 1.30 bits per heavy atom. The second-order valence-corrected chi connectivity index (χ2v) is 10.3. The molecule has 2 aromatic heterocycles. The van der Waals surface area contributed by atoms with E-state index in [1.54, 1.807) is 35.9 Å². The van der Waals surface area contributed by atoms with E-state index >= 15 is 0 Å². The highest BCUT2D eigenvalue weighted by Crippen LogP contribution is 2.30. The predicted molar refractivity (Wildman–Crippen MR) is 113 cm³/mol. The van der Waals surface area contributed by atoms with Crippen LogP contribution in [0, 0.1) is 11.3 Å². The minimum Gasteiger partial charge on any atom is -0.345 e. The van der Waals surface area contributed by atoms with Crippen molar-refractivity contribution >= 4 is 26.8 Å². The van der Waals surface area contributed by atoms with Gasteiger partial charge in [0.25, 0.3) is 5.91 Å². The van der Waals surface area contributed by atoms with Gasteiger partial charge in [-0.2, -0.15) is 10.4 Å². The van der Waals surface area contributed by atoms with Gasteiger partial charge in [-0.25, -0.2) is 8.42 Å². The van der Waals surface area contributed by atoms with Gasteiger partial charge >= 0.3 is 0 Å². The van der Waals surface area contributed by atoms with Crippen LogP contribution in [0.3, 0.4) is 0 Å². The summed E-state index contributed by atoms with van der Waals surface area (Å²) in [5.74, 6) is -0.499. The van der Waals surface area contributed by atoms with Crippen LogP contribution in [-0.2, 0) is 9.84 Å². The lowest BCUT2D eigenvalue weighted by molar-refractivity contribution is 0.0916. The molecule has 0 radical (unpaired) electrons. The maximum absolute atomic E-state index is 12.7. The van der Waals surface area contributed by atoms with Gasteiger partial charge in [0, 0.05) is 17.8 Å². The summed E-state index contributed by atoms with van der Waals surface area (Å²) in [5, 5.41) is 16.7. The van der Waals surface area contributed by atoms with Crippen LogP contribution in [-0.4, -0.2) is 46.1 Å². The van der Waals surface area contributed by atoms with E-state index in [0.717, 1.165) is 5.56 Å². The number of amides is 1. The number of hydrogen-bond donors (Lipinski definition) is 1. The molecule has 1 N–H and O–H groups in total. The number of pyridine rings is 1. The zero-order valence-electron chi connectivity index (χ0n) is 16.9. The maximum Gasteiger partial charge on any atom is 0.253 e. The number of rotatable bonds is 4. The predicted octanol–water partition coefficient (Wildman–Crippen LogP) is 2.47. The van der Waals surface area contributed by atoms with Gasteiger partial charge in [-0.3, -0.25) is 14.5 Å². The van der Waals surface area contributed by atoms with Crippen molar-refractivity contribution in [1.82, 2.24) is 20.1 Å². The van der Waals surface area contributed by atoms with Gasteiger partial charge in [-0.15, -0.1) is 0 Å². The summed E-state index contributed by atoms with van der Waals surface area (Å²) >= 11 is 0. The van der Waals surface area contributed by atoms with Crippen LogP contribution in [0.2, 0.25) is 0 Å². The molecule has 0 bridgehead atoms. The third-order valence-corrected chi connectivity index (χ3v) is 7.21. The van der Waals surface area contributed by atoms with Crippen LogP contribution in [0.1, 0.15) is 42.7 Å². The van der Waals surface area contributed by atoms with Crippen molar-refractivity contribution in [1.29, 1.82) is 5.26 Å². The Balaban J connectivity index is 1.74. The summed E-state index contributed by atoms with van der Waals surface area (Å²) in [7, 11) is -3.07. The van der Waals surface area contributed by atoms with Gasteiger partial charge < -0.3 is 5.32 Å². The van der Waals surface area contributed by atoms with Crippen LogP contribution >= 0.6 is 0 Å². The summed E-state index contributed by atoms with van der Waals surface area (Å²) in [6, 6.07) is 11.0. The second-order valence-electron chi connectivity index (χ2n) is 8.22. The largest absolute Gasteiger partial charge is 0.345 e. The van der Waals surface area contributed by atoms with Crippen LogP contribution in [0.5, 0.6) is 0 Å². The highest BCUT2D eigenvalue weighted by molar-refractivity contribution is 7.93. The number of nitrogens with one attached hydrogen (secondary N) is 1. The Morgan fingerprint density at radius 2 is 2.03 bits per heavy atom. The topological polar surface area (TPSA) is 118 Å². The van der Waals surface area contributed by atoms with Crippen molar-refractivity contribution in [2.75, 3.05) is 11.5 Å². The molecule has 3 aromatic rings. The molecule has 1 aliphatic heterocycles. The van der Waals surface area contributed by atoms with Gasteiger partial charge in [-0.1, -0.05) is 12.1 Å². The first-order valence-corrected chi connectivity index (χ1v) is 11.3. The highest BCUT2D eigenvalue weighted by atomic mass is 32.2. The lowest BCUT2D eigenvalue weighted by Gasteiger charge is -2.38. The molecule has 0 aliphatic carbocycles. The molecule has 9 heteroatoms. The average Bonchev–Trinajstić information content (AvgIpc) is 3.05. The van der Waals surface area contributed by atoms with E-state index in [1.807, 2.05) is 19.9 Å². The number of nitriles is 1. The summed E-state index contributed by atoms with van der Waals surface area (Å²) in [4.78, 5) is 17.2. The van der Waals surface area contributed by atoms with E-state index < -0.39 is 15.4 Å². The Kier molecular flexibility index (Phi) is 4.62. The summed E-state index contributed by atoms with van der Waals surface area (Å²) in [5.41, 5.74) is 2.85. The number of benzene rings is 1. The zero-order chi connectivity index (χ0) is 21.7. The number of fused-ring (bicyclic) bond motifs is 1. The van der Waals surface area contributed by atoms with Crippen molar-refractivity contribution in [3.8, 4) is 17.3 Å². The van der Waals surface area contributed by atoms with Crippen LogP contribution in [0.4, 0.5) is 0 Å². The number of sulfone groups is 1. The van der Waals surface area contributed by atoms with Crippen LogP contribution in [0.15, 0.2) is 36.5 Å². The first-order valence-electron chi connectivity index (χ1n) is 9.52. The molecule has 1 fully saturated rings. The zero-order valence-corrected chi connectivity index (χ0v) is 17.7. The van der Waals surface area contributed by atoms with E-state index in [-0.39, 0.29) is 23.5 Å². The van der Waals surface area contributed by atoms with Crippen molar-refractivity contribution in [2.24, 2.45) is 0 Å². The Labute approximate surface area is 174 Å². The minimum atomic E-state index is -3.07. The van der Waals surface area contributed by atoms with E-state index in [1.165, 1.54) is 6.20 Å². The van der Waals surface area contributed by atoms with Crippen LogP contribution < -0.4 is 5.32 Å². The minimum absolute atomic E-state index is 0.0230. The first kappa shape index (κ1) is 20.0. The molecule has 1 aromatic carbocycles. The highest BCUT2D eigenvalue weighted by Gasteiger charge is 2.45. The SMILES string of the molecule is CC(C)n1nc(-c2cccc(C#N)c2)c2ncc(C(=O)NC3(C)CS(=O)(=O)C3)cc21. The van der Waals surface area contributed by atoms with Gasteiger partial charge in [0.05, 0.1) is 39.8 Å². The molecule has 154 valence electrons. The number of carbonyl (C=O) groups is 1. The number of nitrogens with zero attached hydrogens (tertiary/aromatic N) is 4. The van der Waals surface area contributed by atoms with Crippen molar-refractivity contribution in [3.05, 3.63) is 47.7 Å². The Morgan fingerprint density at radius 3 is 2.67 bits per heavy atom. The van der Waals surface area contributed by atoms with E-state index in [2.05, 4.69) is 21.5 Å². The van der Waals surface area contributed by atoms with Gasteiger partial charge in [0.2, 0.25) is 0 Å². The molecule has 30 heavy (non-hydrogen) atoms. The van der Waals surface area contributed by atoms with E-state index in [4.69, 9.17) is 0 Å². The summed E-state index contributed by atoms with van der Waals surface area (Å²) in [6.45, 7) is 5.68. The molecule has 0 spiro atoms. The molecule has 0 unspecified atom stereocenters. The molecule has 8 nitrogen and oxygen atoms in total. The Hall–Kier alpha value is -3.25. The number of hydrogen-bond acceptors (Lipinski definition) is 6. The third kappa shape index (κ3) is 3.55. The summed E-state index contributed by atoms with van der Waals surface area (Å²) < 4.78 is 24.8. The number of aromatic nitrogens is 3. The standard InChI is InChI=1S/C21H21N5O3S/c1-13(2)26-17-8-16(20(27)24-21(3)11-30(28,29)12-21)10-23-19(17)18(25-26)15-6-4-5-14(7-15)9-22/h4-8,10,13H,11-12H2,1-3H3,(H,24,27). The maximum atomic E-state index is 12.7. The fraction of sp³-hybridized carbons (Fsp3) is 0.333. The average molecular weight is 423 g/mol. The van der Waals surface area contributed by atoms with Crippen molar-refractivity contribution in [2.45, 2.75) is 32.4 Å². The molecular weight excluding hydrogens is 402 g/mol. The molecule has 1 aliphatic rings. The molecular formula is C21H21N5O3S. The van der Waals surface area contributed by atoms with Crippen molar-refractivity contribution < 1.29 is 13.2 Å². The summed E-state index contributed by atoms with van der Waals surface area (Å²) in [6.07, 6.45) is 1.47. The smallest absolute Gasteiger partial charge is 0.253 e. The molecule has 0 saturated carbocycles. The molecule has 0 atom stereocenters. The lowest BCUT2D eigenvalue weighted by Crippen LogP contribution is -2.63. The van der Waals surface area contributed by atoms with E-state index in [9.17, 15) is 18.5 Å². The normalized spacial score (nSPS) is 16.8. The van der Waals surface area contributed by atoms with Crippen molar-refractivity contribution in [3.63, 3.8) is 0 Å². The second kappa shape index (κ2) is 6.92. The van der Waals surface area contributed by atoms with Gasteiger partial charge in [0.1, 0.15) is 11.2 Å². The monoisotopic (exact) mass is 423 g/mol. The molecule has 1 amide bonds. The number of carbonyl (C=O) groups excluding carboxylic acids is 1. The molecule has 4 rings (SSSR count). The fourth-order valence-corrected chi connectivity index (χ4v) is 5.82. The van der Waals surface area contributed by atoms with E-state index in [0.29, 0.717) is 27.9 Å². The quantitative estimate of drug-likeness (QED) is 0.689. The third-order valence-electron chi connectivity index (χ3n) is 5.06. The Bertz CT molecular complexity index is 1310. The lowest BCUT2D eigenvalue weighted by atomic mass is 10.1. The molecule has 1 saturated heterocycles. The first-order chi connectivity index (χ1) is 14.1. The van der Waals surface area contributed by atoms with Gasteiger partial charge in [-0.05, 0) is 39.0 Å². The molecule has 3 heterocycles.